The summed E-state index contributed by atoms with van der Waals surface area (Å²) in [5, 5.41) is 18.6. The highest BCUT2D eigenvalue weighted by Gasteiger charge is 2.20. The van der Waals surface area contributed by atoms with E-state index in [1.165, 1.54) is 29.0 Å². The summed E-state index contributed by atoms with van der Waals surface area (Å²) in [7, 11) is 1.54. The van der Waals surface area contributed by atoms with Crippen molar-refractivity contribution in [1.29, 1.82) is 0 Å². The van der Waals surface area contributed by atoms with Crippen LogP contribution in [0.4, 0.5) is 4.39 Å². The lowest BCUT2D eigenvalue weighted by Crippen LogP contribution is -2.23. The Balaban J connectivity index is 2.89. The molecule has 1 heterocycles. The number of aliphatic hydroxyl groups is 1. The summed E-state index contributed by atoms with van der Waals surface area (Å²) >= 11 is 0. The van der Waals surface area contributed by atoms with Crippen LogP contribution < -0.4 is 5.43 Å². The van der Waals surface area contributed by atoms with Gasteiger partial charge in [0.2, 0.25) is 5.43 Å². The zero-order valence-electron chi connectivity index (χ0n) is 11.6. The van der Waals surface area contributed by atoms with E-state index < -0.39 is 29.4 Å². The second kappa shape index (κ2) is 5.49. The predicted molar refractivity (Wildman–Crippen MR) is 74.7 cm³/mol. The summed E-state index contributed by atoms with van der Waals surface area (Å²) in [6.45, 7) is 1.18. The minimum absolute atomic E-state index is 0.0809. The van der Waals surface area contributed by atoms with Crippen molar-refractivity contribution in [3.8, 4) is 11.1 Å². The molecule has 0 saturated carbocycles. The first-order valence-corrected chi connectivity index (χ1v) is 6.20. The molecule has 2 rings (SSSR count). The maximum atomic E-state index is 13.2. The van der Waals surface area contributed by atoms with Gasteiger partial charge in [0.25, 0.3) is 0 Å². The minimum atomic E-state index is -1.35. The molecule has 110 valence electrons. The highest BCUT2D eigenvalue weighted by molar-refractivity contribution is 5.89. The van der Waals surface area contributed by atoms with Gasteiger partial charge in [-0.25, -0.2) is 9.18 Å². The third-order valence-corrected chi connectivity index (χ3v) is 3.35. The largest absolute Gasteiger partial charge is 0.477 e. The van der Waals surface area contributed by atoms with Crippen molar-refractivity contribution in [3.63, 3.8) is 0 Å². The Morgan fingerprint density at radius 2 is 2.05 bits per heavy atom. The molecule has 0 fully saturated rings. The molecule has 2 aromatic rings. The van der Waals surface area contributed by atoms with E-state index >= 15 is 0 Å². The molecule has 0 radical (unpaired) electrons. The number of carboxylic acids is 1. The van der Waals surface area contributed by atoms with Crippen molar-refractivity contribution in [2.24, 2.45) is 7.05 Å². The van der Waals surface area contributed by atoms with Crippen LogP contribution in [0.25, 0.3) is 11.1 Å². The van der Waals surface area contributed by atoms with Gasteiger partial charge in [-0.3, -0.25) is 4.79 Å². The second-order valence-electron chi connectivity index (χ2n) is 4.73. The maximum absolute atomic E-state index is 13.2. The van der Waals surface area contributed by atoms with Gasteiger partial charge in [0.1, 0.15) is 11.4 Å². The number of aryl methyl sites for hydroxylation is 2. The zero-order valence-corrected chi connectivity index (χ0v) is 11.6. The quantitative estimate of drug-likeness (QED) is 0.902. The van der Waals surface area contributed by atoms with Crippen molar-refractivity contribution < 1.29 is 19.4 Å². The third kappa shape index (κ3) is 2.57. The van der Waals surface area contributed by atoms with Gasteiger partial charge in [0.05, 0.1) is 17.9 Å². The molecule has 0 atom stereocenters. The zero-order chi connectivity index (χ0) is 15.7. The predicted octanol–water partition coefficient (Wildman–Crippen LogP) is 1.69. The molecule has 0 saturated heterocycles. The van der Waals surface area contributed by atoms with Crippen LogP contribution in [0, 0.1) is 12.7 Å². The number of nitrogens with zero attached hydrogens (tertiary/aromatic N) is 1. The number of pyridine rings is 1. The fourth-order valence-electron chi connectivity index (χ4n) is 2.30. The van der Waals surface area contributed by atoms with Crippen LogP contribution in [-0.4, -0.2) is 20.7 Å². The lowest BCUT2D eigenvalue weighted by molar-refractivity contribution is 0.0694. The molecule has 1 aromatic carbocycles. The number of hydrogen-bond acceptors (Lipinski definition) is 3. The minimum Gasteiger partial charge on any atom is -0.477 e. The topological polar surface area (TPSA) is 79.5 Å². The van der Waals surface area contributed by atoms with Crippen LogP contribution in [0.2, 0.25) is 0 Å². The van der Waals surface area contributed by atoms with Crippen LogP contribution in [0.5, 0.6) is 0 Å². The van der Waals surface area contributed by atoms with Gasteiger partial charge in [0.15, 0.2) is 0 Å². The fraction of sp³-hybridized carbons (Fsp3) is 0.200. The Kier molecular flexibility index (Phi) is 3.90. The molecule has 0 aliphatic heterocycles. The third-order valence-electron chi connectivity index (χ3n) is 3.35. The summed E-state index contributed by atoms with van der Waals surface area (Å²) in [5.41, 5.74) is 0.165. The Morgan fingerprint density at radius 3 is 2.57 bits per heavy atom. The van der Waals surface area contributed by atoms with Crippen LogP contribution in [0.1, 0.15) is 21.6 Å². The maximum Gasteiger partial charge on any atom is 0.341 e. The lowest BCUT2D eigenvalue weighted by Gasteiger charge is -2.15. The van der Waals surface area contributed by atoms with Crippen molar-refractivity contribution >= 4 is 5.97 Å². The van der Waals surface area contributed by atoms with Crippen molar-refractivity contribution in [3.05, 3.63) is 57.3 Å². The number of aromatic nitrogens is 1. The molecule has 2 N–H and O–H groups in total. The Morgan fingerprint density at radius 1 is 1.38 bits per heavy atom. The Hall–Kier alpha value is -2.47. The number of halogens is 1. The standard InChI is InChI=1S/C15H14FNO4/c1-8-5-9(16)3-4-10(8)13-12(7-18)17(2)6-11(14(13)19)15(20)21/h3-6,18H,7H2,1-2H3,(H,20,21). The Labute approximate surface area is 119 Å². The molecule has 0 amide bonds. The van der Waals surface area contributed by atoms with Crippen LogP contribution in [0.15, 0.2) is 29.2 Å². The van der Waals surface area contributed by atoms with Crippen LogP contribution >= 0.6 is 0 Å². The lowest BCUT2D eigenvalue weighted by atomic mass is 9.97. The normalized spacial score (nSPS) is 10.7. The first kappa shape index (κ1) is 14.9. The van der Waals surface area contributed by atoms with Crippen molar-refractivity contribution in [2.45, 2.75) is 13.5 Å². The highest BCUT2D eigenvalue weighted by atomic mass is 19.1. The van der Waals surface area contributed by atoms with E-state index in [2.05, 4.69) is 0 Å². The van der Waals surface area contributed by atoms with Crippen LogP contribution in [-0.2, 0) is 13.7 Å². The summed E-state index contributed by atoms with van der Waals surface area (Å²) in [4.78, 5) is 23.5. The molecule has 0 bridgehead atoms. The SMILES string of the molecule is Cc1cc(F)ccc1-c1c(CO)n(C)cc(C(=O)O)c1=O. The number of benzene rings is 1. The first-order chi connectivity index (χ1) is 9.86. The molecule has 0 spiro atoms. The molecule has 1 aromatic heterocycles. The van der Waals surface area contributed by atoms with E-state index in [0.717, 1.165) is 0 Å². The molecular weight excluding hydrogens is 277 g/mol. The first-order valence-electron chi connectivity index (χ1n) is 6.20. The molecule has 0 aliphatic carbocycles. The molecule has 21 heavy (non-hydrogen) atoms. The second-order valence-corrected chi connectivity index (χ2v) is 4.73. The van der Waals surface area contributed by atoms with Gasteiger partial charge < -0.3 is 14.8 Å². The van der Waals surface area contributed by atoms with Gasteiger partial charge >= 0.3 is 5.97 Å². The van der Waals surface area contributed by atoms with E-state index in [-0.39, 0.29) is 11.3 Å². The number of hydrogen-bond donors (Lipinski definition) is 2. The number of carbonyl (C=O) groups is 1. The Bertz CT molecular complexity index is 780. The van der Waals surface area contributed by atoms with Gasteiger partial charge in [-0.05, 0) is 30.2 Å². The number of carboxylic acid groups (broad SMARTS) is 1. The summed E-state index contributed by atoms with van der Waals surface area (Å²) in [5.74, 6) is -1.80. The molecule has 0 unspecified atom stereocenters. The van der Waals surface area contributed by atoms with Crippen molar-refractivity contribution in [2.75, 3.05) is 0 Å². The highest BCUT2D eigenvalue weighted by Crippen LogP contribution is 2.25. The van der Waals surface area contributed by atoms with E-state index in [1.54, 1.807) is 14.0 Å². The van der Waals surface area contributed by atoms with Gasteiger partial charge in [0, 0.05) is 13.2 Å². The number of aromatic carboxylic acids is 1. The summed E-state index contributed by atoms with van der Waals surface area (Å²) in [6.07, 6.45) is 1.17. The van der Waals surface area contributed by atoms with E-state index in [0.29, 0.717) is 11.1 Å². The van der Waals surface area contributed by atoms with Crippen molar-refractivity contribution in [1.82, 2.24) is 4.57 Å². The summed E-state index contributed by atoms with van der Waals surface area (Å²) in [6, 6.07) is 3.85. The van der Waals surface area contributed by atoms with E-state index in [4.69, 9.17) is 5.11 Å². The molecule has 0 aliphatic rings. The van der Waals surface area contributed by atoms with Crippen LogP contribution in [0.3, 0.4) is 0 Å². The monoisotopic (exact) mass is 291 g/mol. The van der Waals surface area contributed by atoms with E-state index in [1.807, 2.05) is 0 Å². The average Bonchev–Trinajstić information content (AvgIpc) is 2.41. The van der Waals surface area contributed by atoms with Gasteiger partial charge in [-0.1, -0.05) is 6.07 Å². The van der Waals surface area contributed by atoms with Gasteiger partial charge in [-0.15, -0.1) is 0 Å². The molecular formula is C15H14FNO4. The molecule has 5 nitrogen and oxygen atoms in total. The fourth-order valence-corrected chi connectivity index (χ4v) is 2.30. The summed E-state index contributed by atoms with van der Waals surface area (Å²) < 4.78 is 14.6. The molecule has 6 heteroatoms. The smallest absolute Gasteiger partial charge is 0.341 e. The number of aliphatic hydroxyl groups excluding tert-OH is 1. The van der Waals surface area contributed by atoms with E-state index in [9.17, 15) is 19.1 Å². The average molecular weight is 291 g/mol. The van der Waals surface area contributed by atoms with Gasteiger partial charge in [-0.2, -0.15) is 0 Å². The number of rotatable bonds is 3.